The maximum atomic E-state index is 11.5. The second kappa shape index (κ2) is 8.49. The summed E-state index contributed by atoms with van der Waals surface area (Å²) in [6, 6.07) is 0. The molecule has 1 rings (SSSR count). The Kier molecular flexibility index (Phi) is 7.20. The fourth-order valence-electron chi connectivity index (χ4n) is 2.42. The summed E-state index contributed by atoms with van der Waals surface area (Å²) in [6.07, 6.45) is -4.22. The zero-order valence-corrected chi connectivity index (χ0v) is 16.7. The van der Waals surface area contributed by atoms with Crippen molar-refractivity contribution in [2.75, 3.05) is 0 Å². The number of ether oxygens (including phenoxy) is 4. The van der Waals surface area contributed by atoms with Gasteiger partial charge < -0.3 is 18.9 Å². The van der Waals surface area contributed by atoms with E-state index in [1.165, 1.54) is 20.8 Å². The van der Waals surface area contributed by atoms with Gasteiger partial charge in [0.15, 0.2) is 24.4 Å². The molecule has 0 unspecified atom stereocenters. The van der Waals surface area contributed by atoms with Crippen LogP contribution in [0.3, 0.4) is 0 Å². The molecule has 0 N–H and O–H groups in total. The van der Waals surface area contributed by atoms with Crippen molar-refractivity contribution in [1.29, 1.82) is 0 Å². The van der Waals surface area contributed by atoms with Gasteiger partial charge in [0, 0.05) is 20.8 Å². The number of hydrogen-bond donors (Lipinski definition) is 0. The van der Waals surface area contributed by atoms with Gasteiger partial charge >= 0.3 is 17.9 Å². The molecule has 25 heavy (non-hydrogen) atoms. The molecule has 0 bridgehead atoms. The monoisotopic (exact) mass is 370 g/mol. The van der Waals surface area contributed by atoms with Crippen LogP contribution in [0.2, 0.25) is 19.6 Å². The molecule has 0 amide bonds. The molecule has 7 nitrogen and oxygen atoms in total. The first-order valence-corrected chi connectivity index (χ1v) is 11.6. The fraction of sp³-hybridized carbons (Fsp3) is 0.706. The quantitative estimate of drug-likeness (QED) is 0.321. The lowest BCUT2D eigenvalue weighted by Gasteiger charge is -2.42. The Bertz CT molecular complexity index is 584. The van der Waals surface area contributed by atoms with E-state index in [2.05, 4.69) is 31.1 Å². The fourth-order valence-corrected chi connectivity index (χ4v) is 2.99. The average Bonchev–Trinajstić information content (AvgIpc) is 2.41. The third kappa shape index (κ3) is 6.88. The first kappa shape index (κ1) is 21.2. The molecule has 0 saturated carbocycles. The van der Waals surface area contributed by atoms with Crippen LogP contribution in [-0.2, 0) is 33.3 Å². The van der Waals surface area contributed by atoms with Crippen LogP contribution < -0.4 is 0 Å². The number of hydrogen-bond acceptors (Lipinski definition) is 7. The second-order valence-corrected chi connectivity index (χ2v) is 11.8. The van der Waals surface area contributed by atoms with Crippen molar-refractivity contribution in [3.63, 3.8) is 0 Å². The Balaban J connectivity index is 3.26. The summed E-state index contributed by atoms with van der Waals surface area (Å²) in [5.41, 5.74) is 3.17. The van der Waals surface area contributed by atoms with Gasteiger partial charge in [0.1, 0.15) is 8.07 Å². The molecule has 1 aliphatic rings. The van der Waals surface area contributed by atoms with Crippen LogP contribution >= 0.6 is 0 Å². The summed E-state index contributed by atoms with van der Waals surface area (Å²) in [5, 5.41) is 0. The SMILES string of the molecule is CC(=O)O[C@H]1[C@@H](OC(C)=O)[C@@H](C)O[C@H](C#C[Si](C)(C)C)[C@@H]1OC(C)=O. The molecule has 0 aromatic carbocycles. The molecule has 1 fully saturated rings. The smallest absolute Gasteiger partial charge is 0.303 e. The minimum Gasteiger partial charge on any atom is -0.456 e. The number of carbonyl (C=O) groups excluding carboxylic acids is 3. The lowest BCUT2D eigenvalue weighted by atomic mass is 9.95. The zero-order chi connectivity index (χ0) is 19.4. The average molecular weight is 370 g/mol. The van der Waals surface area contributed by atoms with Crippen LogP contribution in [0.4, 0.5) is 0 Å². The van der Waals surface area contributed by atoms with Crippen LogP contribution in [0, 0.1) is 11.5 Å². The van der Waals surface area contributed by atoms with E-state index in [0.717, 1.165) is 0 Å². The maximum Gasteiger partial charge on any atom is 0.303 e. The molecule has 1 heterocycles. The molecule has 1 aliphatic heterocycles. The minimum absolute atomic E-state index is 0.550. The summed E-state index contributed by atoms with van der Waals surface area (Å²) in [7, 11) is -1.70. The van der Waals surface area contributed by atoms with Gasteiger partial charge in [0.05, 0.1) is 6.10 Å². The molecule has 1 saturated heterocycles. The lowest BCUT2D eigenvalue weighted by Crippen LogP contribution is -2.60. The van der Waals surface area contributed by atoms with E-state index in [1.807, 2.05) is 0 Å². The van der Waals surface area contributed by atoms with E-state index in [-0.39, 0.29) is 0 Å². The Morgan fingerprint density at radius 2 is 1.28 bits per heavy atom. The molecule has 140 valence electrons. The minimum atomic E-state index is -1.70. The molecule has 0 spiro atoms. The third-order valence-electron chi connectivity index (χ3n) is 3.27. The standard InChI is InChI=1S/C17H26O7Si/c1-10-15(22-11(2)18)17(24-13(4)20)16(23-12(3)19)14(21-10)8-9-25(5,6)7/h10,14-17H,1-7H3/t10-,14-,15+,16+,17+/m1/s1. The van der Waals surface area contributed by atoms with Gasteiger partial charge in [-0.1, -0.05) is 25.6 Å². The largest absolute Gasteiger partial charge is 0.456 e. The molecule has 8 heteroatoms. The second-order valence-electron chi connectivity index (χ2n) is 7.00. The van der Waals surface area contributed by atoms with Crippen LogP contribution in [-0.4, -0.2) is 56.5 Å². The van der Waals surface area contributed by atoms with Gasteiger partial charge in [-0.3, -0.25) is 14.4 Å². The summed E-state index contributed by atoms with van der Waals surface area (Å²) in [4.78, 5) is 34.5. The Morgan fingerprint density at radius 1 is 0.840 bits per heavy atom. The highest BCUT2D eigenvalue weighted by molar-refractivity contribution is 6.83. The first-order chi connectivity index (χ1) is 11.4. The molecule has 0 aromatic heterocycles. The van der Waals surface area contributed by atoms with Crippen LogP contribution in [0.25, 0.3) is 0 Å². The van der Waals surface area contributed by atoms with Gasteiger partial charge in [0.25, 0.3) is 0 Å². The molecule has 0 aliphatic carbocycles. The highest BCUT2D eigenvalue weighted by Crippen LogP contribution is 2.28. The predicted octanol–water partition coefficient (Wildman–Crippen LogP) is 1.45. The topological polar surface area (TPSA) is 88.1 Å². The van der Waals surface area contributed by atoms with Crippen LogP contribution in [0.5, 0.6) is 0 Å². The molecule has 5 atom stereocenters. The highest BCUT2D eigenvalue weighted by atomic mass is 28.3. The van der Waals surface area contributed by atoms with Crippen LogP contribution in [0.15, 0.2) is 0 Å². The number of carbonyl (C=O) groups is 3. The summed E-state index contributed by atoms with van der Waals surface area (Å²) >= 11 is 0. The van der Waals surface area contributed by atoms with Crippen molar-refractivity contribution in [3.05, 3.63) is 0 Å². The van der Waals surface area contributed by atoms with Gasteiger partial charge in [-0.2, -0.15) is 0 Å². The summed E-state index contributed by atoms with van der Waals surface area (Å²) in [5.74, 6) is 1.31. The van der Waals surface area contributed by atoms with Crippen molar-refractivity contribution in [1.82, 2.24) is 0 Å². The normalized spacial score (nSPS) is 29.0. The van der Waals surface area contributed by atoms with Crippen molar-refractivity contribution >= 4 is 26.0 Å². The van der Waals surface area contributed by atoms with E-state index < -0.39 is 56.5 Å². The van der Waals surface area contributed by atoms with E-state index in [4.69, 9.17) is 18.9 Å². The van der Waals surface area contributed by atoms with E-state index in [1.54, 1.807) is 6.92 Å². The van der Waals surface area contributed by atoms with Crippen molar-refractivity contribution in [3.8, 4) is 11.5 Å². The van der Waals surface area contributed by atoms with Gasteiger partial charge in [0.2, 0.25) is 0 Å². The van der Waals surface area contributed by atoms with Crippen LogP contribution in [0.1, 0.15) is 27.7 Å². The maximum absolute atomic E-state index is 11.5. The first-order valence-electron chi connectivity index (χ1n) is 8.10. The van der Waals surface area contributed by atoms with E-state index in [9.17, 15) is 14.4 Å². The molecule has 0 radical (unpaired) electrons. The van der Waals surface area contributed by atoms with Crippen molar-refractivity contribution in [2.45, 2.75) is 77.9 Å². The molecular formula is C17H26O7Si. The highest BCUT2D eigenvalue weighted by Gasteiger charge is 2.49. The van der Waals surface area contributed by atoms with Gasteiger partial charge in [-0.25, -0.2) is 0 Å². The van der Waals surface area contributed by atoms with Gasteiger partial charge in [-0.05, 0) is 6.92 Å². The summed E-state index contributed by atoms with van der Waals surface area (Å²) in [6.45, 7) is 11.6. The van der Waals surface area contributed by atoms with E-state index in [0.29, 0.717) is 0 Å². The third-order valence-corrected chi connectivity index (χ3v) is 4.16. The van der Waals surface area contributed by atoms with Crippen molar-refractivity contribution in [2.24, 2.45) is 0 Å². The molecular weight excluding hydrogens is 344 g/mol. The Hall–Kier alpha value is -1.85. The predicted molar refractivity (Wildman–Crippen MR) is 92.1 cm³/mol. The molecule has 0 aromatic rings. The van der Waals surface area contributed by atoms with Crippen molar-refractivity contribution < 1.29 is 33.3 Å². The number of esters is 3. The number of rotatable bonds is 3. The van der Waals surface area contributed by atoms with Gasteiger partial charge in [-0.15, -0.1) is 5.54 Å². The summed E-state index contributed by atoms with van der Waals surface area (Å²) < 4.78 is 21.7. The Labute approximate surface area is 149 Å². The lowest BCUT2D eigenvalue weighted by molar-refractivity contribution is -0.234. The zero-order valence-electron chi connectivity index (χ0n) is 15.7. The van der Waals surface area contributed by atoms with E-state index >= 15 is 0 Å². The Morgan fingerprint density at radius 3 is 1.72 bits per heavy atom.